The van der Waals surface area contributed by atoms with Gasteiger partial charge in [-0.2, -0.15) is 0 Å². The van der Waals surface area contributed by atoms with Gasteiger partial charge >= 0.3 is 0 Å². The molecule has 1 aliphatic rings. The molecule has 8 atom stereocenters. The number of aliphatic hydroxyl groups excluding tert-OH is 6. The summed E-state index contributed by atoms with van der Waals surface area (Å²) in [6, 6.07) is -0.993. The van der Waals surface area contributed by atoms with E-state index in [9.17, 15) is 35.4 Å². The van der Waals surface area contributed by atoms with Crippen LogP contribution in [0.2, 0.25) is 0 Å². The first-order valence-corrected chi connectivity index (χ1v) is 29.7. The molecule has 10 heteroatoms. The third-order valence-electron chi connectivity index (χ3n) is 14.4. The summed E-state index contributed by atoms with van der Waals surface area (Å²) in [4.78, 5) is 13.1. The monoisotopic (exact) mass is 980 g/mol. The summed E-state index contributed by atoms with van der Waals surface area (Å²) in [5.41, 5.74) is 0. The van der Waals surface area contributed by atoms with E-state index in [4.69, 9.17) is 9.47 Å². The highest BCUT2D eigenvalue weighted by atomic mass is 16.7. The van der Waals surface area contributed by atoms with Gasteiger partial charge in [0.2, 0.25) is 5.91 Å². The van der Waals surface area contributed by atoms with Crippen LogP contribution in [-0.4, -0.2) is 98.7 Å². The first kappa shape index (κ1) is 65.6. The van der Waals surface area contributed by atoms with Gasteiger partial charge in [-0.1, -0.05) is 276 Å². The number of nitrogens with one attached hydrogen (secondary N) is 1. The van der Waals surface area contributed by atoms with Crippen LogP contribution < -0.4 is 5.32 Å². The molecule has 1 amide bonds. The van der Waals surface area contributed by atoms with Crippen LogP contribution in [0.15, 0.2) is 24.3 Å². The lowest BCUT2D eigenvalue weighted by Gasteiger charge is -2.40. The van der Waals surface area contributed by atoms with Crippen LogP contribution in [0.25, 0.3) is 0 Å². The second kappa shape index (κ2) is 48.9. The highest BCUT2D eigenvalue weighted by molar-refractivity contribution is 5.80. The number of amides is 1. The van der Waals surface area contributed by atoms with Gasteiger partial charge in [0.25, 0.3) is 0 Å². The summed E-state index contributed by atoms with van der Waals surface area (Å²) in [6.45, 7) is 3.60. The second-order valence-corrected chi connectivity index (χ2v) is 20.9. The molecule has 0 bridgehead atoms. The van der Waals surface area contributed by atoms with Gasteiger partial charge in [0, 0.05) is 0 Å². The smallest absolute Gasteiger partial charge is 0.249 e. The molecule has 0 aromatic heterocycles. The van der Waals surface area contributed by atoms with Crippen LogP contribution >= 0.6 is 0 Å². The Bertz CT molecular complexity index is 1150. The Morgan fingerprint density at radius 2 is 0.855 bits per heavy atom. The zero-order valence-electron chi connectivity index (χ0n) is 44.9. The van der Waals surface area contributed by atoms with Crippen molar-refractivity contribution in [3.05, 3.63) is 24.3 Å². The summed E-state index contributed by atoms with van der Waals surface area (Å²) < 4.78 is 11.2. The highest BCUT2D eigenvalue weighted by Gasteiger charge is 2.44. The number of allylic oxidation sites excluding steroid dienone is 3. The van der Waals surface area contributed by atoms with E-state index in [1.807, 2.05) is 6.08 Å². The van der Waals surface area contributed by atoms with E-state index in [2.05, 4.69) is 31.3 Å². The van der Waals surface area contributed by atoms with Gasteiger partial charge in [-0.15, -0.1) is 0 Å². The molecule has 1 saturated heterocycles. The van der Waals surface area contributed by atoms with Crippen molar-refractivity contribution < 1.29 is 44.9 Å². The minimum Gasteiger partial charge on any atom is -0.394 e. The average Bonchev–Trinajstić information content (AvgIpc) is 3.35. The Labute approximate surface area is 424 Å². The van der Waals surface area contributed by atoms with Gasteiger partial charge in [0.05, 0.1) is 25.4 Å². The molecule has 0 radical (unpaired) electrons. The van der Waals surface area contributed by atoms with Gasteiger partial charge in [0.15, 0.2) is 6.29 Å². The van der Waals surface area contributed by atoms with Crippen molar-refractivity contribution >= 4 is 5.91 Å². The summed E-state index contributed by atoms with van der Waals surface area (Å²) in [7, 11) is 0. The van der Waals surface area contributed by atoms with Crippen molar-refractivity contribution in [3.8, 4) is 0 Å². The maximum atomic E-state index is 13.1. The molecule has 0 spiro atoms. The fraction of sp³-hybridized carbons (Fsp3) is 0.915. The van der Waals surface area contributed by atoms with Gasteiger partial charge in [-0.05, 0) is 32.1 Å². The quantitative estimate of drug-likeness (QED) is 0.0232. The van der Waals surface area contributed by atoms with Gasteiger partial charge < -0.3 is 45.4 Å². The van der Waals surface area contributed by atoms with Gasteiger partial charge in [-0.3, -0.25) is 4.79 Å². The van der Waals surface area contributed by atoms with Crippen LogP contribution in [-0.2, 0) is 14.3 Å². The fourth-order valence-corrected chi connectivity index (χ4v) is 9.59. The van der Waals surface area contributed by atoms with Crippen LogP contribution in [0.1, 0.15) is 284 Å². The fourth-order valence-electron chi connectivity index (χ4n) is 9.59. The maximum Gasteiger partial charge on any atom is 0.249 e. The normalized spacial score (nSPS) is 20.0. The minimum absolute atomic E-state index is 0.308. The molecule has 1 rings (SSSR count). The zero-order valence-corrected chi connectivity index (χ0v) is 44.9. The van der Waals surface area contributed by atoms with E-state index in [1.165, 1.54) is 218 Å². The molecule has 0 aliphatic carbocycles. The minimum atomic E-state index is -1.61. The molecular formula is C59H113NO9. The first-order chi connectivity index (χ1) is 33.8. The molecule has 0 aromatic carbocycles. The van der Waals surface area contributed by atoms with Crippen LogP contribution in [0.5, 0.6) is 0 Å². The number of ether oxygens (including phenoxy) is 2. The molecular weight excluding hydrogens is 867 g/mol. The lowest BCUT2D eigenvalue weighted by Crippen LogP contribution is -2.60. The average molecular weight is 981 g/mol. The van der Waals surface area contributed by atoms with E-state index in [-0.39, 0.29) is 6.61 Å². The Balaban J connectivity index is 2.13. The lowest BCUT2D eigenvalue weighted by molar-refractivity contribution is -0.302. The molecule has 1 fully saturated rings. The van der Waals surface area contributed by atoms with Crippen LogP contribution in [0, 0.1) is 0 Å². The summed E-state index contributed by atoms with van der Waals surface area (Å²) in [6.07, 6.45) is 51.8. The number of hydrogen-bond acceptors (Lipinski definition) is 9. The summed E-state index contributed by atoms with van der Waals surface area (Å²) >= 11 is 0. The van der Waals surface area contributed by atoms with E-state index in [0.29, 0.717) is 12.8 Å². The number of unbranched alkanes of at least 4 members (excludes halogenated alkanes) is 38. The Morgan fingerprint density at radius 1 is 0.493 bits per heavy atom. The zero-order chi connectivity index (χ0) is 50.3. The van der Waals surface area contributed by atoms with Crippen molar-refractivity contribution in [1.82, 2.24) is 5.32 Å². The maximum absolute atomic E-state index is 13.1. The van der Waals surface area contributed by atoms with Crippen LogP contribution in [0.4, 0.5) is 0 Å². The van der Waals surface area contributed by atoms with E-state index in [0.717, 1.165) is 38.5 Å². The standard InChI is InChI=1S/C59H113NO9/c1-3-5-7-9-11-13-15-17-18-19-20-21-22-23-24-25-26-27-28-29-30-31-32-33-34-35-36-38-40-42-44-46-48-53(63)58(67)60-51(50-68-59-57(66)56(65)55(64)54(49-61)69-59)52(62)47-45-43-41-39-37-16-14-12-10-8-6-4-2/h37,39,45,47,51-57,59,61-66H,3-36,38,40-44,46,48-50H2,1-2H3,(H,60,67)/b39-37+,47-45+. The molecule has 1 heterocycles. The number of aliphatic hydroxyl groups is 6. The molecule has 0 saturated carbocycles. The molecule has 408 valence electrons. The Kier molecular flexibility index (Phi) is 46.5. The van der Waals surface area contributed by atoms with Crippen molar-refractivity contribution in [2.75, 3.05) is 13.2 Å². The van der Waals surface area contributed by atoms with Crippen molar-refractivity contribution in [2.45, 2.75) is 332 Å². The predicted octanol–water partition coefficient (Wildman–Crippen LogP) is 13.5. The van der Waals surface area contributed by atoms with Crippen LogP contribution in [0.3, 0.4) is 0 Å². The van der Waals surface area contributed by atoms with Crippen molar-refractivity contribution in [2.24, 2.45) is 0 Å². The Morgan fingerprint density at radius 3 is 1.26 bits per heavy atom. The topological polar surface area (TPSA) is 169 Å². The van der Waals surface area contributed by atoms with E-state index < -0.39 is 61.5 Å². The molecule has 1 aliphatic heterocycles. The van der Waals surface area contributed by atoms with E-state index >= 15 is 0 Å². The molecule has 69 heavy (non-hydrogen) atoms. The van der Waals surface area contributed by atoms with E-state index in [1.54, 1.807) is 6.08 Å². The molecule has 7 N–H and O–H groups in total. The highest BCUT2D eigenvalue weighted by Crippen LogP contribution is 2.23. The largest absolute Gasteiger partial charge is 0.394 e. The SMILES string of the molecule is CCCCCCCC/C=C/CC/C=C/C(O)C(COC1OC(CO)C(O)C(O)C1O)NC(=O)C(O)CCCCCCCCCCCCCCCCCCCCCCCCCCCCCCCCCC. The summed E-state index contributed by atoms with van der Waals surface area (Å²) in [5, 5.41) is 64.8. The number of carbonyl (C=O) groups excluding carboxylic acids is 1. The van der Waals surface area contributed by atoms with Gasteiger partial charge in [-0.25, -0.2) is 0 Å². The molecule has 10 nitrogen and oxygen atoms in total. The predicted molar refractivity (Wildman–Crippen MR) is 287 cm³/mol. The third kappa shape index (κ3) is 38.0. The van der Waals surface area contributed by atoms with Crippen molar-refractivity contribution in [3.63, 3.8) is 0 Å². The third-order valence-corrected chi connectivity index (χ3v) is 14.4. The second-order valence-electron chi connectivity index (χ2n) is 20.9. The number of hydrogen-bond donors (Lipinski definition) is 7. The molecule has 0 aromatic rings. The first-order valence-electron chi connectivity index (χ1n) is 29.7. The van der Waals surface area contributed by atoms with Gasteiger partial charge in [0.1, 0.15) is 30.5 Å². The van der Waals surface area contributed by atoms with Crippen molar-refractivity contribution in [1.29, 1.82) is 0 Å². The Hall–Kier alpha value is -1.37. The number of carbonyl (C=O) groups is 1. The lowest BCUT2D eigenvalue weighted by atomic mass is 9.99. The molecule has 8 unspecified atom stereocenters. The summed E-state index contributed by atoms with van der Waals surface area (Å²) in [5.74, 6) is -0.622. The number of rotatable bonds is 51.